The minimum absolute atomic E-state index is 0.378. The van der Waals surface area contributed by atoms with Crippen molar-refractivity contribution in [2.75, 3.05) is 20.3 Å². The normalized spacial score (nSPS) is 19.5. The molecule has 3 heteroatoms. The molecule has 15 heavy (non-hydrogen) atoms. The molecule has 1 aromatic rings. The molecule has 2 rings (SSSR count). The van der Waals surface area contributed by atoms with Crippen LogP contribution in [0.1, 0.15) is 23.7 Å². The Morgan fingerprint density at radius 1 is 1.53 bits per heavy atom. The van der Waals surface area contributed by atoms with Gasteiger partial charge in [0.2, 0.25) is 0 Å². The molecule has 0 aromatic heterocycles. The highest BCUT2D eigenvalue weighted by Crippen LogP contribution is 2.32. The first-order valence-corrected chi connectivity index (χ1v) is 5.24. The Kier molecular flexibility index (Phi) is 3.23. The predicted octanol–water partition coefficient (Wildman–Crippen LogP) is 1.69. The van der Waals surface area contributed by atoms with E-state index in [1.54, 1.807) is 7.11 Å². The molecular weight excluding hydrogens is 192 g/mol. The van der Waals surface area contributed by atoms with E-state index in [1.807, 2.05) is 18.2 Å². The van der Waals surface area contributed by atoms with E-state index < -0.39 is 0 Å². The zero-order valence-corrected chi connectivity index (χ0v) is 8.90. The molecule has 1 N–H and O–H groups in total. The predicted molar refractivity (Wildman–Crippen MR) is 57.1 cm³/mol. The van der Waals surface area contributed by atoms with Gasteiger partial charge >= 0.3 is 0 Å². The second-order valence-electron chi connectivity index (χ2n) is 3.77. The van der Waals surface area contributed by atoms with Crippen LogP contribution in [0.3, 0.4) is 0 Å². The summed E-state index contributed by atoms with van der Waals surface area (Å²) in [6.45, 7) is 1.31. The van der Waals surface area contributed by atoms with Gasteiger partial charge in [0.1, 0.15) is 5.75 Å². The highest BCUT2D eigenvalue weighted by Gasteiger charge is 2.19. The van der Waals surface area contributed by atoms with Crippen LogP contribution in [-0.4, -0.2) is 25.4 Å². The summed E-state index contributed by atoms with van der Waals surface area (Å²) in [4.78, 5) is 0. The molecule has 0 fully saturated rings. The van der Waals surface area contributed by atoms with Gasteiger partial charge in [-0.2, -0.15) is 0 Å². The average molecular weight is 208 g/mol. The van der Waals surface area contributed by atoms with Crippen molar-refractivity contribution in [3.63, 3.8) is 0 Å². The van der Waals surface area contributed by atoms with Crippen LogP contribution in [0.15, 0.2) is 18.2 Å². The van der Waals surface area contributed by atoms with Crippen LogP contribution in [0.2, 0.25) is 0 Å². The van der Waals surface area contributed by atoms with Gasteiger partial charge in [-0.15, -0.1) is 0 Å². The summed E-state index contributed by atoms with van der Waals surface area (Å²) in [6, 6.07) is 5.97. The van der Waals surface area contributed by atoms with Gasteiger partial charge in [-0.25, -0.2) is 0 Å². The summed E-state index contributed by atoms with van der Waals surface area (Å²) >= 11 is 0. The Balaban J connectivity index is 2.19. The first-order chi connectivity index (χ1) is 7.31. The van der Waals surface area contributed by atoms with Crippen molar-refractivity contribution in [3.05, 3.63) is 29.3 Å². The molecule has 82 valence electrons. The van der Waals surface area contributed by atoms with E-state index in [4.69, 9.17) is 9.47 Å². The summed E-state index contributed by atoms with van der Waals surface area (Å²) in [5.74, 6) is 0.815. The lowest BCUT2D eigenvalue weighted by molar-refractivity contribution is 0.115. The van der Waals surface area contributed by atoms with Gasteiger partial charge in [-0.1, -0.05) is 6.07 Å². The van der Waals surface area contributed by atoms with Crippen LogP contribution in [0.25, 0.3) is 0 Å². The first-order valence-electron chi connectivity index (χ1n) is 5.24. The summed E-state index contributed by atoms with van der Waals surface area (Å²) in [5.41, 5.74) is 2.09. The highest BCUT2D eigenvalue weighted by atomic mass is 16.5. The lowest BCUT2D eigenvalue weighted by atomic mass is 10.00. The number of aliphatic hydroxyl groups is 1. The molecule has 0 saturated carbocycles. The van der Waals surface area contributed by atoms with Crippen molar-refractivity contribution in [2.24, 2.45) is 0 Å². The second kappa shape index (κ2) is 4.64. The van der Waals surface area contributed by atoms with Crippen molar-refractivity contribution in [1.82, 2.24) is 0 Å². The van der Waals surface area contributed by atoms with Gasteiger partial charge in [0.15, 0.2) is 0 Å². The van der Waals surface area contributed by atoms with Crippen molar-refractivity contribution >= 4 is 0 Å². The lowest BCUT2D eigenvalue weighted by Gasteiger charge is -2.22. The molecule has 0 spiro atoms. The number of rotatable bonds is 3. The monoisotopic (exact) mass is 208 g/mol. The Hall–Kier alpha value is -1.06. The van der Waals surface area contributed by atoms with E-state index in [1.165, 1.54) is 5.56 Å². The number of aliphatic hydroxyl groups excluding tert-OH is 1. The van der Waals surface area contributed by atoms with Crippen LogP contribution in [0.5, 0.6) is 5.75 Å². The van der Waals surface area contributed by atoms with E-state index in [-0.39, 0.29) is 6.10 Å². The fraction of sp³-hybridized carbons (Fsp3) is 0.500. The Morgan fingerprint density at radius 2 is 2.40 bits per heavy atom. The van der Waals surface area contributed by atoms with E-state index in [9.17, 15) is 5.11 Å². The summed E-state index contributed by atoms with van der Waals surface area (Å²) in [5, 5.41) is 9.80. The molecule has 0 radical (unpaired) electrons. The summed E-state index contributed by atoms with van der Waals surface area (Å²) in [6.07, 6.45) is 1.17. The minimum Gasteiger partial charge on any atom is -0.493 e. The third-order valence-electron chi connectivity index (χ3n) is 2.68. The number of hydrogen-bond donors (Lipinski definition) is 1. The minimum atomic E-state index is -0.378. The largest absolute Gasteiger partial charge is 0.493 e. The smallest absolute Gasteiger partial charge is 0.125 e. The molecule has 0 saturated heterocycles. The van der Waals surface area contributed by atoms with Gasteiger partial charge in [-0.05, 0) is 24.1 Å². The average Bonchev–Trinajstić information content (AvgIpc) is 2.27. The SMILES string of the molecule is COCCc1ccc2c(c1)C(O)CCO2. The fourth-order valence-corrected chi connectivity index (χ4v) is 1.80. The molecule has 1 aliphatic rings. The summed E-state index contributed by atoms with van der Waals surface area (Å²) < 4.78 is 10.5. The van der Waals surface area contributed by atoms with Gasteiger partial charge in [-0.3, -0.25) is 0 Å². The van der Waals surface area contributed by atoms with Crippen molar-refractivity contribution < 1.29 is 14.6 Å². The number of hydrogen-bond acceptors (Lipinski definition) is 3. The third kappa shape index (κ3) is 2.30. The molecule has 3 nitrogen and oxygen atoms in total. The van der Waals surface area contributed by atoms with E-state index in [2.05, 4.69) is 0 Å². The van der Waals surface area contributed by atoms with Crippen LogP contribution < -0.4 is 4.74 Å². The van der Waals surface area contributed by atoms with Crippen molar-refractivity contribution in [1.29, 1.82) is 0 Å². The van der Waals surface area contributed by atoms with Crippen LogP contribution in [0, 0.1) is 0 Å². The Bertz CT molecular complexity index is 336. The molecule has 1 aromatic carbocycles. The van der Waals surface area contributed by atoms with Gasteiger partial charge in [0.25, 0.3) is 0 Å². The second-order valence-corrected chi connectivity index (χ2v) is 3.77. The summed E-state index contributed by atoms with van der Waals surface area (Å²) in [7, 11) is 1.69. The third-order valence-corrected chi connectivity index (χ3v) is 2.68. The molecule has 0 bridgehead atoms. The Morgan fingerprint density at radius 3 is 3.20 bits per heavy atom. The first kappa shape index (κ1) is 10.5. The maximum absolute atomic E-state index is 9.80. The molecule has 1 aliphatic heterocycles. The zero-order valence-electron chi connectivity index (χ0n) is 8.90. The Labute approximate surface area is 89.6 Å². The van der Waals surface area contributed by atoms with Gasteiger partial charge in [0.05, 0.1) is 19.3 Å². The number of ether oxygens (including phenoxy) is 2. The molecule has 1 unspecified atom stereocenters. The standard InChI is InChI=1S/C12H16O3/c1-14-6-4-9-2-3-12-10(8-9)11(13)5-7-15-12/h2-3,8,11,13H,4-7H2,1H3. The molecule has 0 aliphatic carbocycles. The van der Waals surface area contributed by atoms with Crippen LogP contribution >= 0.6 is 0 Å². The maximum atomic E-state index is 9.80. The van der Waals surface area contributed by atoms with Gasteiger partial charge < -0.3 is 14.6 Å². The van der Waals surface area contributed by atoms with Crippen LogP contribution in [-0.2, 0) is 11.2 Å². The van der Waals surface area contributed by atoms with E-state index in [0.717, 1.165) is 17.7 Å². The van der Waals surface area contributed by atoms with E-state index in [0.29, 0.717) is 19.6 Å². The molecule has 1 atom stereocenters. The molecule has 0 amide bonds. The topological polar surface area (TPSA) is 38.7 Å². The number of methoxy groups -OCH3 is 1. The highest BCUT2D eigenvalue weighted by molar-refractivity contribution is 5.40. The quantitative estimate of drug-likeness (QED) is 0.821. The number of benzene rings is 1. The number of fused-ring (bicyclic) bond motifs is 1. The van der Waals surface area contributed by atoms with Gasteiger partial charge in [0, 0.05) is 19.1 Å². The van der Waals surface area contributed by atoms with Crippen molar-refractivity contribution in [3.8, 4) is 5.75 Å². The maximum Gasteiger partial charge on any atom is 0.125 e. The fourth-order valence-electron chi connectivity index (χ4n) is 1.80. The lowest BCUT2D eigenvalue weighted by Crippen LogP contribution is -2.14. The zero-order chi connectivity index (χ0) is 10.7. The molecular formula is C12H16O3. The van der Waals surface area contributed by atoms with Crippen molar-refractivity contribution in [2.45, 2.75) is 18.9 Å². The van der Waals surface area contributed by atoms with E-state index >= 15 is 0 Å². The van der Waals surface area contributed by atoms with Crippen LogP contribution in [0.4, 0.5) is 0 Å². The molecule has 1 heterocycles.